The van der Waals surface area contributed by atoms with Crippen molar-refractivity contribution in [3.63, 3.8) is 0 Å². The highest BCUT2D eigenvalue weighted by atomic mass is 79.9. The molecule has 1 aliphatic rings. The Kier molecular flexibility index (Phi) is 7.06. The van der Waals surface area contributed by atoms with Crippen molar-refractivity contribution >= 4 is 21.8 Å². The van der Waals surface area contributed by atoms with Gasteiger partial charge in [0.25, 0.3) is 0 Å². The fourth-order valence-corrected chi connectivity index (χ4v) is 3.38. The summed E-state index contributed by atoms with van der Waals surface area (Å²) in [7, 11) is 0. The molecule has 0 spiro atoms. The third-order valence-corrected chi connectivity index (χ3v) is 4.86. The molecule has 0 saturated carbocycles. The molecule has 1 atom stereocenters. The van der Waals surface area contributed by atoms with Crippen LogP contribution < -0.4 is 0 Å². The normalized spacial score (nSPS) is 18.3. The third-order valence-electron chi connectivity index (χ3n) is 4.33. The van der Waals surface area contributed by atoms with Crippen LogP contribution in [0.2, 0.25) is 0 Å². The molecule has 0 radical (unpaired) electrons. The smallest absolute Gasteiger partial charge is 0.224 e. The Balaban J connectivity index is 1.96. The van der Waals surface area contributed by atoms with Gasteiger partial charge in [-0.2, -0.15) is 0 Å². The standard InChI is InChI=1S/C18H27BrN2O2/c1-14(2)11-17(13-22)21-10-9-20(8-7-18(21)23)12-15-3-5-16(19)6-4-15/h3-6,14,17,22H,7-13H2,1-2H3/t17-/m0/s1. The Morgan fingerprint density at radius 1 is 1.17 bits per heavy atom. The number of aliphatic hydroxyl groups excluding tert-OH is 1. The maximum atomic E-state index is 12.4. The number of halogens is 1. The summed E-state index contributed by atoms with van der Waals surface area (Å²) in [4.78, 5) is 16.6. The number of hydrogen-bond acceptors (Lipinski definition) is 3. The van der Waals surface area contributed by atoms with Crippen LogP contribution in [-0.2, 0) is 11.3 Å². The van der Waals surface area contributed by atoms with E-state index in [0.717, 1.165) is 30.5 Å². The van der Waals surface area contributed by atoms with Gasteiger partial charge in [0.05, 0.1) is 12.6 Å². The molecule has 1 heterocycles. The highest BCUT2D eigenvalue weighted by Crippen LogP contribution is 2.17. The summed E-state index contributed by atoms with van der Waals surface area (Å²) in [6.45, 7) is 7.52. The van der Waals surface area contributed by atoms with Crippen LogP contribution in [-0.4, -0.2) is 53.1 Å². The van der Waals surface area contributed by atoms with Crippen molar-refractivity contribution in [2.75, 3.05) is 26.2 Å². The largest absolute Gasteiger partial charge is 0.394 e. The van der Waals surface area contributed by atoms with Gasteiger partial charge in [-0.15, -0.1) is 0 Å². The van der Waals surface area contributed by atoms with Crippen LogP contribution >= 0.6 is 15.9 Å². The minimum atomic E-state index is -0.0462. The van der Waals surface area contributed by atoms with Crippen molar-refractivity contribution in [3.05, 3.63) is 34.3 Å². The SMILES string of the molecule is CC(C)C[C@@H](CO)N1CCN(Cc2ccc(Br)cc2)CCC1=O. The number of rotatable bonds is 6. The fourth-order valence-electron chi connectivity index (χ4n) is 3.12. The van der Waals surface area contributed by atoms with Gasteiger partial charge in [0.15, 0.2) is 0 Å². The quantitative estimate of drug-likeness (QED) is 0.822. The Labute approximate surface area is 147 Å². The first kappa shape index (κ1) is 18.4. The van der Waals surface area contributed by atoms with Gasteiger partial charge >= 0.3 is 0 Å². The summed E-state index contributed by atoms with van der Waals surface area (Å²) in [5, 5.41) is 9.65. The summed E-state index contributed by atoms with van der Waals surface area (Å²) in [6.07, 6.45) is 1.39. The third kappa shape index (κ3) is 5.59. The van der Waals surface area contributed by atoms with E-state index in [-0.39, 0.29) is 18.6 Å². The van der Waals surface area contributed by atoms with Gasteiger partial charge in [-0.05, 0) is 30.0 Å². The zero-order chi connectivity index (χ0) is 16.8. The minimum absolute atomic E-state index is 0.0462. The monoisotopic (exact) mass is 382 g/mol. The van der Waals surface area contributed by atoms with E-state index in [1.807, 2.05) is 4.90 Å². The second-order valence-electron chi connectivity index (χ2n) is 6.71. The molecule has 0 bridgehead atoms. The molecular formula is C18H27BrN2O2. The minimum Gasteiger partial charge on any atom is -0.394 e. The molecule has 23 heavy (non-hydrogen) atoms. The van der Waals surface area contributed by atoms with E-state index >= 15 is 0 Å². The fraction of sp³-hybridized carbons (Fsp3) is 0.611. The first-order valence-electron chi connectivity index (χ1n) is 8.36. The molecule has 128 valence electrons. The van der Waals surface area contributed by atoms with Crippen LogP contribution in [0.5, 0.6) is 0 Å². The first-order valence-corrected chi connectivity index (χ1v) is 9.16. The summed E-state index contributed by atoms with van der Waals surface area (Å²) in [5.74, 6) is 0.644. The lowest BCUT2D eigenvalue weighted by atomic mass is 10.0. The highest BCUT2D eigenvalue weighted by molar-refractivity contribution is 9.10. The van der Waals surface area contributed by atoms with E-state index in [0.29, 0.717) is 18.9 Å². The van der Waals surface area contributed by atoms with E-state index in [1.165, 1.54) is 5.56 Å². The van der Waals surface area contributed by atoms with Crippen molar-refractivity contribution < 1.29 is 9.90 Å². The van der Waals surface area contributed by atoms with Crippen LogP contribution in [0.4, 0.5) is 0 Å². The molecule has 1 N–H and O–H groups in total. The van der Waals surface area contributed by atoms with Crippen molar-refractivity contribution in [1.82, 2.24) is 9.80 Å². The van der Waals surface area contributed by atoms with E-state index in [9.17, 15) is 9.90 Å². The molecule has 1 aliphatic heterocycles. The maximum Gasteiger partial charge on any atom is 0.224 e. The molecular weight excluding hydrogens is 356 g/mol. The van der Waals surface area contributed by atoms with Crippen LogP contribution in [0.25, 0.3) is 0 Å². The number of benzene rings is 1. The zero-order valence-electron chi connectivity index (χ0n) is 14.0. The van der Waals surface area contributed by atoms with Crippen LogP contribution in [0, 0.1) is 5.92 Å². The van der Waals surface area contributed by atoms with Gasteiger partial charge in [0.2, 0.25) is 5.91 Å². The lowest BCUT2D eigenvalue weighted by Gasteiger charge is -2.31. The number of amides is 1. The number of nitrogens with zero attached hydrogens (tertiary/aromatic N) is 2. The molecule has 2 rings (SSSR count). The van der Waals surface area contributed by atoms with Crippen LogP contribution in [0.3, 0.4) is 0 Å². The summed E-state index contributed by atoms with van der Waals surface area (Å²) >= 11 is 3.45. The number of hydrogen-bond donors (Lipinski definition) is 1. The topological polar surface area (TPSA) is 43.8 Å². The Hall–Kier alpha value is -0.910. The second kappa shape index (κ2) is 8.81. The van der Waals surface area contributed by atoms with Gasteiger partial charge < -0.3 is 10.0 Å². The lowest BCUT2D eigenvalue weighted by molar-refractivity contribution is -0.133. The molecule has 0 aliphatic carbocycles. The van der Waals surface area contributed by atoms with Crippen molar-refractivity contribution in [2.24, 2.45) is 5.92 Å². The molecule has 4 nitrogen and oxygen atoms in total. The molecule has 1 fully saturated rings. The predicted molar refractivity (Wildman–Crippen MR) is 96.1 cm³/mol. The first-order chi connectivity index (χ1) is 11.0. The van der Waals surface area contributed by atoms with Gasteiger partial charge in [-0.25, -0.2) is 0 Å². The highest BCUT2D eigenvalue weighted by Gasteiger charge is 2.27. The number of carbonyl (C=O) groups excluding carboxylic acids is 1. The van der Waals surface area contributed by atoms with Crippen LogP contribution in [0.1, 0.15) is 32.3 Å². The average Bonchev–Trinajstić information content (AvgIpc) is 2.69. The molecule has 1 aromatic carbocycles. The Morgan fingerprint density at radius 3 is 2.48 bits per heavy atom. The van der Waals surface area contributed by atoms with Crippen molar-refractivity contribution in [1.29, 1.82) is 0 Å². The second-order valence-corrected chi connectivity index (χ2v) is 7.62. The van der Waals surface area contributed by atoms with E-state index in [1.54, 1.807) is 0 Å². The number of aliphatic hydroxyl groups is 1. The zero-order valence-corrected chi connectivity index (χ0v) is 15.6. The summed E-state index contributed by atoms with van der Waals surface area (Å²) < 4.78 is 1.08. The molecule has 1 aromatic rings. The average molecular weight is 383 g/mol. The lowest BCUT2D eigenvalue weighted by Crippen LogP contribution is -2.44. The van der Waals surface area contributed by atoms with Gasteiger partial charge in [-0.1, -0.05) is 41.9 Å². The maximum absolute atomic E-state index is 12.4. The molecule has 1 saturated heterocycles. The Bertz CT molecular complexity index is 504. The summed E-state index contributed by atoms with van der Waals surface area (Å²) in [6, 6.07) is 8.28. The molecule has 5 heteroatoms. The number of carbonyl (C=O) groups is 1. The van der Waals surface area contributed by atoms with Gasteiger partial charge in [0.1, 0.15) is 0 Å². The van der Waals surface area contributed by atoms with E-state index < -0.39 is 0 Å². The van der Waals surface area contributed by atoms with E-state index in [2.05, 4.69) is 58.9 Å². The predicted octanol–water partition coefficient (Wildman–Crippen LogP) is 2.89. The van der Waals surface area contributed by atoms with Crippen molar-refractivity contribution in [2.45, 2.75) is 39.3 Å². The van der Waals surface area contributed by atoms with Gasteiger partial charge in [0, 0.05) is 37.1 Å². The summed E-state index contributed by atoms with van der Waals surface area (Å²) in [5.41, 5.74) is 1.26. The molecule has 0 unspecified atom stereocenters. The van der Waals surface area contributed by atoms with E-state index in [4.69, 9.17) is 0 Å². The van der Waals surface area contributed by atoms with Gasteiger partial charge in [-0.3, -0.25) is 9.69 Å². The van der Waals surface area contributed by atoms with Crippen LogP contribution in [0.15, 0.2) is 28.7 Å². The Morgan fingerprint density at radius 2 is 1.87 bits per heavy atom. The van der Waals surface area contributed by atoms with Crippen molar-refractivity contribution in [3.8, 4) is 0 Å². The molecule has 0 aromatic heterocycles. The molecule has 1 amide bonds.